The van der Waals surface area contributed by atoms with E-state index in [0.29, 0.717) is 0 Å². The van der Waals surface area contributed by atoms with Crippen LogP contribution < -0.4 is 5.73 Å². The summed E-state index contributed by atoms with van der Waals surface area (Å²) in [6.07, 6.45) is 9.73. The maximum atomic E-state index is 5.93. The van der Waals surface area contributed by atoms with Gasteiger partial charge >= 0.3 is 0 Å². The van der Waals surface area contributed by atoms with Gasteiger partial charge in [0.05, 0.1) is 5.60 Å². The minimum Gasteiger partial charge on any atom is -0.375 e. The average Bonchev–Trinajstić information content (AvgIpc) is 2.24. The van der Waals surface area contributed by atoms with Crippen LogP contribution in [-0.4, -0.2) is 18.8 Å². The van der Waals surface area contributed by atoms with E-state index in [1.165, 1.54) is 37.7 Å². The van der Waals surface area contributed by atoms with Crippen molar-refractivity contribution in [2.24, 2.45) is 11.7 Å². The molecule has 0 aromatic heterocycles. The van der Waals surface area contributed by atoms with E-state index < -0.39 is 0 Å². The summed E-state index contributed by atoms with van der Waals surface area (Å²) in [7, 11) is 0. The Balaban J connectivity index is 1.92. The minimum absolute atomic E-state index is 0.279. The van der Waals surface area contributed by atoms with Gasteiger partial charge in [-0.25, -0.2) is 0 Å². The van der Waals surface area contributed by atoms with Crippen LogP contribution in [0.15, 0.2) is 11.6 Å². The molecule has 1 unspecified atom stereocenters. The largest absolute Gasteiger partial charge is 0.375 e. The molecule has 1 spiro atoms. The van der Waals surface area contributed by atoms with E-state index in [0.717, 1.165) is 25.5 Å². The molecule has 0 bridgehead atoms. The second-order valence-corrected chi connectivity index (χ2v) is 5.10. The van der Waals surface area contributed by atoms with Crippen molar-refractivity contribution < 1.29 is 4.74 Å². The second kappa shape index (κ2) is 4.67. The maximum absolute atomic E-state index is 5.93. The molecule has 1 heterocycles. The van der Waals surface area contributed by atoms with Crippen molar-refractivity contribution in [2.45, 2.75) is 51.0 Å². The maximum Gasteiger partial charge on any atom is 0.0688 e. The Hall–Kier alpha value is -0.340. The molecular weight excluding hydrogens is 186 g/mol. The third-order valence-corrected chi connectivity index (χ3v) is 4.03. The van der Waals surface area contributed by atoms with Crippen LogP contribution in [0.25, 0.3) is 0 Å². The first kappa shape index (κ1) is 11.2. The van der Waals surface area contributed by atoms with Gasteiger partial charge in [-0.2, -0.15) is 0 Å². The minimum atomic E-state index is 0.279. The highest BCUT2D eigenvalue weighted by Crippen LogP contribution is 2.45. The van der Waals surface area contributed by atoms with E-state index in [9.17, 15) is 0 Å². The van der Waals surface area contributed by atoms with E-state index in [2.05, 4.69) is 13.0 Å². The van der Waals surface area contributed by atoms with Crippen molar-refractivity contribution in [3.63, 3.8) is 0 Å². The molecular formula is C13H23NO. The van der Waals surface area contributed by atoms with E-state index in [4.69, 9.17) is 10.5 Å². The van der Waals surface area contributed by atoms with Gasteiger partial charge in [0.15, 0.2) is 0 Å². The Morgan fingerprint density at radius 3 is 2.93 bits per heavy atom. The lowest BCUT2D eigenvalue weighted by molar-refractivity contribution is -0.138. The number of hydrogen-bond donors (Lipinski definition) is 1. The van der Waals surface area contributed by atoms with Gasteiger partial charge in [0, 0.05) is 6.61 Å². The number of allylic oxidation sites excluding steroid dienone is 1. The first-order chi connectivity index (χ1) is 7.26. The van der Waals surface area contributed by atoms with Gasteiger partial charge < -0.3 is 10.5 Å². The third-order valence-electron chi connectivity index (χ3n) is 4.03. The highest BCUT2D eigenvalue weighted by atomic mass is 16.5. The molecule has 2 rings (SSSR count). The fourth-order valence-electron chi connectivity index (χ4n) is 2.81. The third kappa shape index (κ3) is 2.43. The predicted octanol–water partition coefficient (Wildman–Crippen LogP) is 2.63. The van der Waals surface area contributed by atoms with Gasteiger partial charge in [-0.15, -0.1) is 0 Å². The number of hydrogen-bond acceptors (Lipinski definition) is 2. The van der Waals surface area contributed by atoms with Crippen LogP contribution in [-0.2, 0) is 4.74 Å². The molecule has 2 fully saturated rings. The highest BCUT2D eigenvalue weighted by molar-refractivity contribution is 5.08. The molecule has 15 heavy (non-hydrogen) atoms. The fraction of sp³-hybridized carbons (Fsp3) is 0.846. The zero-order valence-corrected chi connectivity index (χ0v) is 9.80. The van der Waals surface area contributed by atoms with Crippen molar-refractivity contribution in [3.05, 3.63) is 11.6 Å². The lowest BCUT2D eigenvalue weighted by atomic mass is 9.70. The average molecular weight is 209 g/mol. The van der Waals surface area contributed by atoms with Gasteiger partial charge in [-0.3, -0.25) is 0 Å². The standard InChI is InChI=1S/C13H23NO/c1-11(4-2-8-14)12-5-9-15-13(10-12)6-3-7-13/h4,12H,2-3,5-10,14H2,1H3. The van der Waals surface area contributed by atoms with Gasteiger partial charge in [-0.1, -0.05) is 11.6 Å². The topological polar surface area (TPSA) is 35.2 Å². The number of nitrogens with two attached hydrogens (primary N) is 1. The van der Waals surface area contributed by atoms with Gasteiger partial charge in [0.1, 0.15) is 0 Å². The van der Waals surface area contributed by atoms with Crippen LogP contribution in [0.3, 0.4) is 0 Å². The van der Waals surface area contributed by atoms with Crippen LogP contribution in [0, 0.1) is 5.92 Å². The molecule has 2 N–H and O–H groups in total. The highest BCUT2D eigenvalue weighted by Gasteiger charge is 2.42. The van der Waals surface area contributed by atoms with E-state index in [1.807, 2.05) is 0 Å². The normalized spacial score (nSPS) is 30.3. The second-order valence-electron chi connectivity index (χ2n) is 5.10. The molecule has 1 aliphatic carbocycles. The molecule has 1 atom stereocenters. The van der Waals surface area contributed by atoms with Gasteiger partial charge in [0.2, 0.25) is 0 Å². The Morgan fingerprint density at radius 2 is 2.33 bits per heavy atom. The molecule has 0 radical (unpaired) electrons. The van der Waals surface area contributed by atoms with Crippen LogP contribution in [0.4, 0.5) is 0 Å². The zero-order valence-electron chi connectivity index (χ0n) is 9.80. The van der Waals surface area contributed by atoms with Crippen molar-refractivity contribution in [2.75, 3.05) is 13.2 Å². The van der Waals surface area contributed by atoms with Crippen molar-refractivity contribution in [1.82, 2.24) is 0 Å². The lowest BCUT2D eigenvalue weighted by Gasteiger charge is -2.47. The Labute approximate surface area is 92.9 Å². The van der Waals surface area contributed by atoms with Crippen molar-refractivity contribution >= 4 is 0 Å². The molecule has 0 aromatic rings. The number of ether oxygens (including phenoxy) is 1. The van der Waals surface area contributed by atoms with E-state index >= 15 is 0 Å². The summed E-state index contributed by atoms with van der Waals surface area (Å²) >= 11 is 0. The summed E-state index contributed by atoms with van der Waals surface area (Å²) in [6.45, 7) is 3.99. The summed E-state index contributed by atoms with van der Waals surface area (Å²) < 4.78 is 5.93. The summed E-state index contributed by atoms with van der Waals surface area (Å²) in [6, 6.07) is 0. The van der Waals surface area contributed by atoms with E-state index in [-0.39, 0.29) is 5.60 Å². The smallest absolute Gasteiger partial charge is 0.0688 e. The van der Waals surface area contributed by atoms with Crippen LogP contribution in [0.1, 0.15) is 45.4 Å². The van der Waals surface area contributed by atoms with Crippen LogP contribution >= 0.6 is 0 Å². The SMILES string of the molecule is CC(=CCCN)C1CCOC2(CCC2)C1. The monoisotopic (exact) mass is 209 g/mol. The predicted molar refractivity (Wildman–Crippen MR) is 62.7 cm³/mol. The van der Waals surface area contributed by atoms with Crippen molar-refractivity contribution in [1.29, 1.82) is 0 Å². The summed E-state index contributed by atoms with van der Waals surface area (Å²) in [5.41, 5.74) is 7.34. The fourth-order valence-corrected chi connectivity index (χ4v) is 2.81. The Kier molecular flexibility index (Phi) is 3.47. The molecule has 2 aliphatic rings. The summed E-state index contributed by atoms with van der Waals surface area (Å²) in [5.74, 6) is 0.755. The molecule has 1 saturated carbocycles. The molecule has 86 valence electrons. The molecule has 2 heteroatoms. The van der Waals surface area contributed by atoms with E-state index in [1.54, 1.807) is 0 Å². The van der Waals surface area contributed by atoms with Crippen molar-refractivity contribution in [3.8, 4) is 0 Å². The van der Waals surface area contributed by atoms with Gasteiger partial charge in [-0.05, 0) is 57.9 Å². The molecule has 0 amide bonds. The Bertz CT molecular complexity index is 243. The molecule has 1 aliphatic heterocycles. The summed E-state index contributed by atoms with van der Waals surface area (Å²) in [4.78, 5) is 0. The first-order valence-electron chi connectivity index (χ1n) is 6.26. The quantitative estimate of drug-likeness (QED) is 0.725. The number of rotatable bonds is 3. The molecule has 1 saturated heterocycles. The Morgan fingerprint density at radius 1 is 1.53 bits per heavy atom. The van der Waals surface area contributed by atoms with Gasteiger partial charge in [0.25, 0.3) is 0 Å². The lowest BCUT2D eigenvalue weighted by Crippen LogP contribution is -2.45. The van der Waals surface area contributed by atoms with Crippen LogP contribution in [0.2, 0.25) is 0 Å². The van der Waals surface area contributed by atoms with Crippen LogP contribution in [0.5, 0.6) is 0 Å². The summed E-state index contributed by atoms with van der Waals surface area (Å²) in [5, 5.41) is 0. The molecule has 2 nitrogen and oxygen atoms in total. The zero-order chi connectivity index (χ0) is 10.7. The first-order valence-corrected chi connectivity index (χ1v) is 6.26. The molecule has 0 aromatic carbocycles.